The molecule has 0 bridgehead atoms. The Morgan fingerprint density at radius 1 is 1.08 bits per heavy atom. The molecule has 48 heavy (non-hydrogen) atoms. The molecule has 1 fully saturated rings. The van der Waals surface area contributed by atoms with Crippen LogP contribution in [0.4, 0.5) is 24.8 Å². The highest BCUT2D eigenvalue weighted by molar-refractivity contribution is 5.94. The fourth-order valence-electron chi connectivity index (χ4n) is 6.20. The zero-order valence-electron chi connectivity index (χ0n) is 27.4. The summed E-state index contributed by atoms with van der Waals surface area (Å²) < 4.78 is 39.3. The molecule has 3 heterocycles. The average molecular weight is 662 g/mol. The van der Waals surface area contributed by atoms with Gasteiger partial charge in [0.1, 0.15) is 0 Å². The molecule has 2 aromatic carbocycles. The predicted octanol–water partition coefficient (Wildman–Crippen LogP) is 6.76. The van der Waals surface area contributed by atoms with Crippen LogP contribution < -0.4 is 5.32 Å². The SMILES string of the molecule is C=Cn1nc(Nc2ccc(C(=O)N3CCCC(N(C)Cc4ccccc4)C3)cc2)nc1C(=CC)C1=CCN(C(=O)CCC(F)(F)F)CC1. The first-order valence-electron chi connectivity index (χ1n) is 16.2. The number of likely N-dealkylation sites (tertiary alicyclic amines) is 1. The third-order valence-corrected chi connectivity index (χ3v) is 8.83. The van der Waals surface area contributed by atoms with Gasteiger partial charge in [-0.3, -0.25) is 14.5 Å². The van der Waals surface area contributed by atoms with Crippen LogP contribution in [0.5, 0.6) is 0 Å². The molecule has 0 saturated carbocycles. The third-order valence-electron chi connectivity index (χ3n) is 8.83. The summed E-state index contributed by atoms with van der Waals surface area (Å²) in [6, 6.07) is 17.9. The number of allylic oxidation sites excluding steroid dienone is 2. The third kappa shape index (κ3) is 8.80. The van der Waals surface area contributed by atoms with Crippen LogP contribution >= 0.6 is 0 Å². The number of nitrogens with zero attached hydrogens (tertiary/aromatic N) is 6. The van der Waals surface area contributed by atoms with E-state index in [1.165, 1.54) is 16.7 Å². The van der Waals surface area contributed by atoms with E-state index in [2.05, 4.69) is 41.1 Å². The minimum Gasteiger partial charge on any atom is -0.339 e. The van der Waals surface area contributed by atoms with Gasteiger partial charge >= 0.3 is 6.18 Å². The quantitative estimate of drug-likeness (QED) is 0.244. The Balaban J connectivity index is 1.20. The number of rotatable bonds is 11. The van der Waals surface area contributed by atoms with Crippen molar-refractivity contribution < 1.29 is 22.8 Å². The Morgan fingerprint density at radius 2 is 1.83 bits per heavy atom. The van der Waals surface area contributed by atoms with Gasteiger partial charge in [-0.1, -0.05) is 49.1 Å². The van der Waals surface area contributed by atoms with Gasteiger partial charge in [-0.05, 0) is 68.6 Å². The molecule has 1 saturated heterocycles. The highest BCUT2D eigenvalue weighted by Gasteiger charge is 2.30. The maximum Gasteiger partial charge on any atom is 0.389 e. The van der Waals surface area contributed by atoms with Crippen LogP contribution in [-0.2, 0) is 11.3 Å². The molecule has 1 aromatic heterocycles. The number of nitrogens with one attached hydrogen (secondary N) is 1. The highest BCUT2D eigenvalue weighted by Crippen LogP contribution is 2.30. The number of aromatic nitrogens is 3. The summed E-state index contributed by atoms with van der Waals surface area (Å²) in [6.07, 6.45) is 1.73. The Bertz CT molecular complexity index is 1650. The van der Waals surface area contributed by atoms with Gasteiger partial charge in [-0.15, -0.1) is 5.10 Å². The monoisotopic (exact) mass is 661 g/mol. The molecule has 12 heteroatoms. The topological polar surface area (TPSA) is 86.6 Å². The van der Waals surface area contributed by atoms with Crippen molar-refractivity contribution in [3.8, 4) is 0 Å². The van der Waals surface area contributed by atoms with Crippen molar-refractivity contribution in [3.05, 3.63) is 95.9 Å². The molecular formula is C36H42F3N7O2. The van der Waals surface area contributed by atoms with Gasteiger partial charge in [0.2, 0.25) is 11.9 Å². The number of carbonyl (C=O) groups is 2. The van der Waals surface area contributed by atoms with Crippen LogP contribution in [0.15, 0.2) is 78.9 Å². The second-order valence-corrected chi connectivity index (χ2v) is 12.2. The van der Waals surface area contributed by atoms with E-state index in [4.69, 9.17) is 4.98 Å². The zero-order chi connectivity index (χ0) is 34.3. The normalized spacial score (nSPS) is 17.3. The first-order valence-corrected chi connectivity index (χ1v) is 16.2. The Labute approximate surface area is 279 Å². The van der Waals surface area contributed by atoms with E-state index in [0.29, 0.717) is 48.6 Å². The molecule has 1 unspecified atom stereocenters. The summed E-state index contributed by atoms with van der Waals surface area (Å²) in [7, 11) is 2.12. The van der Waals surface area contributed by atoms with Crippen LogP contribution in [0.1, 0.15) is 60.8 Å². The lowest BCUT2D eigenvalue weighted by Crippen LogP contribution is -2.48. The molecule has 1 atom stereocenters. The van der Waals surface area contributed by atoms with Crippen molar-refractivity contribution in [2.75, 3.05) is 38.5 Å². The van der Waals surface area contributed by atoms with Crippen LogP contribution in [0.3, 0.4) is 0 Å². The van der Waals surface area contributed by atoms with Crippen molar-refractivity contribution in [2.45, 2.75) is 57.8 Å². The van der Waals surface area contributed by atoms with Crippen molar-refractivity contribution in [3.63, 3.8) is 0 Å². The molecule has 9 nitrogen and oxygen atoms in total. The van der Waals surface area contributed by atoms with Crippen molar-refractivity contribution in [2.24, 2.45) is 0 Å². The maximum absolute atomic E-state index is 13.4. The number of hydrogen-bond acceptors (Lipinski definition) is 6. The lowest BCUT2D eigenvalue weighted by atomic mass is 9.98. The van der Waals surface area contributed by atoms with E-state index in [-0.39, 0.29) is 12.5 Å². The molecule has 1 N–H and O–H groups in total. The van der Waals surface area contributed by atoms with Gasteiger partial charge in [0.25, 0.3) is 5.91 Å². The minimum absolute atomic E-state index is 0.00908. The van der Waals surface area contributed by atoms with E-state index in [0.717, 1.165) is 37.1 Å². The number of alkyl halides is 3. The lowest BCUT2D eigenvalue weighted by Gasteiger charge is -2.37. The second-order valence-electron chi connectivity index (χ2n) is 12.2. The van der Waals surface area contributed by atoms with Crippen molar-refractivity contribution in [1.82, 2.24) is 29.5 Å². The van der Waals surface area contributed by atoms with E-state index in [1.807, 2.05) is 54.3 Å². The molecule has 2 amide bonds. The number of piperidine rings is 1. The standard InChI is InChI=1S/C36H42F3N7O2/c1-4-31(27-18-22-44(23-19-27)32(47)17-20-36(37,38)39)33-41-35(42-46(33)5-2)40-29-15-13-28(14-16-29)34(48)45-21-9-12-30(25-45)43(3)24-26-10-7-6-8-11-26/h4-8,10-11,13-16,18,30H,2,9,12,17,19-25H2,1,3H3,(H,40,42). The summed E-state index contributed by atoms with van der Waals surface area (Å²) in [5.41, 5.74) is 4.31. The van der Waals surface area contributed by atoms with Gasteiger partial charge in [-0.25, -0.2) is 4.68 Å². The number of halogens is 3. The second kappa shape index (κ2) is 15.5. The Morgan fingerprint density at radius 3 is 2.48 bits per heavy atom. The predicted molar refractivity (Wildman–Crippen MR) is 181 cm³/mol. The fraction of sp³-hybridized carbons (Fsp3) is 0.389. The summed E-state index contributed by atoms with van der Waals surface area (Å²) >= 11 is 0. The fourth-order valence-corrected chi connectivity index (χ4v) is 6.20. The molecule has 0 radical (unpaired) electrons. The molecule has 5 rings (SSSR count). The van der Waals surface area contributed by atoms with Crippen molar-refractivity contribution in [1.29, 1.82) is 0 Å². The van der Waals surface area contributed by atoms with Gasteiger partial charge < -0.3 is 15.1 Å². The minimum atomic E-state index is -4.36. The molecular weight excluding hydrogens is 619 g/mol. The Kier molecular flexibility index (Phi) is 11.2. The smallest absolute Gasteiger partial charge is 0.339 e. The Hall–Kier alpha value is -4.71. The van der Waals surface area contributed by atoms with E-state index in [1.54, 1.807) is 16.8 Å². The number of carbonyl (C=O) groups excluding carboxylic acids is 2. The van der Waals surface area contributed by atoms with E-state index in [9.17, 15) is 22.8 Å². The van der Waals surface area contributed by atoms with E-state index < -0.39 is 24.9 Å². The van der Waals surface area contributed by atoms with E-state index >= 15 is 0 Å². The molecule has 0 spiro atoms. The molecule has 0 aliphatic carbocycles. The zero-order valence-corrected chi connectivity index (χ0v) is 27.4. The molecule has 254 valence electrons. The number of amides is 2. The van der Waals surface area contributed by atoms with Crippen LogP contribution in [0.25, 0.3) is 11.8 Å². The summed E-state index contributed by atoms with van der Waals surface area (Å²) in [5, 5.41) is 7.73. The first kappa shape index (κ1) is 34.6. The van der Waals surface area contributed by atoms with Gasteiger partial charge in [-0.2, -0.15) is 18.2 Å². The molecule has 3 aromatic rings. The summed E-state index contributed by atoms with van der Waals surface area (Å²) in [5.74, 6) is 0.380. The number of likely N-dealkylation sites (N-methyl/N-ethyl adjacent to an activating group) is 1. The van der Waals surface area contributed by atoms with Gasteiger partial charge in [0.15, 0.2) is 5.82 Å². The number of anilines is 2. The molecule has 2 aliphatic heterocycles. The first-order chi connectivity index (χ1) is 23.0. The summed E-state index contributed by atoms with van der Waals surface area (Å²) in [4.78, 5) is 36.1. The average Bonchev–Trinajstić information content (AvgIpc) is 3.50. The van der Waals surface area contributed by atoms with Gasteiger partial charge in [0, 0.05) is 68.2 Å². The maximum atomic E-state index is 13.4. The van der Waals surface area contributed by atoms with Gasteiger partial charge in [0.05, 0.1) is 6.42 Å². The van der Waals surface area contributed by atoms with Crippen molar-refractivity contribution >= 4 is 35.2 Å². The number of hydrogen-bond donors (Lipinski definition) is 1. The highest BCUT2D eigenvalue weighted by atomic mass is 19.4. The van der Waals surface area contributed by atoms with Crippen LogP contribution in [-0.4, -0.2) is 86.7 Å². The lowest BCUT2D eigenvalue weighted by molar-refractivity contribution is -0.148. The number of benzene rings is 2. The largest absolute Gasteiger partial charge is 0.389 e. The van der Waals surface area contributed by atoms with Crippen LogP contribution in [0.2, 0.25) is 0 Å². The van der Waals surface area contributed by atoms with Crippen LogP contribution in [0, 0.1) is 0 Å². The summed E-state index contributed by atoms with van der Waals surface area (Å²) in [6.45, 7) is 8.53. The molecule has 2 aliphatic rings.